The van der Waals surface area contributed by atoms with Gasteiger partial charge in [0.1, 0.15) is 5.69 Å². The summed E-state index contributed by atoms with van der Waals surface area (Å²) in [5.74, 6) is -0.187. The highest BCUT2D eigenvalue weighted by Crippen LogP contribution is 2.24. The van der Waals surface area contributed by atoms with Crippen molar-refractivity contribution in [2.75, 3.05) is 30.4 Å². The first-order valence-electron chi connectivity index (χ1n) is 12.4. The number of hydrogen-bond acceptors (Lipinski definition) is 6. The summed E-state index contributed by atoms with van der Waals surface area (Å²) in [5, 5.41) is 15.5. The summed E-state index contributed by atoms with van der Waals surface area (Å²) in [6.07, 6.45) is 3.84. The standard InChI is InChI=1S/C22H22N4O2.C8H8N2/c23-9-8-16-2-1-3-18(12-16)13-17-4-6-20(7-5-17)25-10-11-26-21(22(25)28)19(15-27)14-24-26;1-10-8-4-2-3-7(5-8)6-9/h1-7,12,14-15H,8-11,13,23H2;2-5,10H,1H3. The van der Waals surface area contributed by atoms with Gasteiger partial charge >= 0.3 is 0 Å². The third-order valence-corrected chi connectivity index (χ3v) is 6.34. The number of nitrogens with two attached hydrogens (primary N) is 1. The Labute approximate surface area is 222 Å². The largest absolute Gasteiger partial charge is 0.388 e. The number of carbonyl (C=O) groups excluding carboxylic acids is 2. The first kappa shape index (κ1) is 26.3. The molecule has 3 N–H and O–H groups in total. The Bertz CT molecular complexity index is 1450. The highest BCUT2D eigenvalue weighted by molar-refractivity contribution is 6.09. The van der Waals surface area contributed by atoms with Gasteiger partial charge < -0.3 is 16.0 Å². The van der Waals surface area contributed by atoms with Gasteiger partial charge in [-0.1, -0.05) is 42.5 Å². The number of hydrogen-bond donors (Lipinski definition) is 2. The Morgan fingerprint density at radius 3 is 2.50 bits per heavy atom. The Kier molecular flexibility index (Phi) is 8.65. The average Bonchev–Trinajstić information content (AvgIpc) is 3.39. The lowest BCUT2D eigenvalue weighted by Crippen LogP contribution is -2.41. The summed E-state index contributed by atoms with van der Waals surface area (Å²) in [5.41, 5.74) is 12.5. The van der Waals surface area contributed by atoms with E-state index >= 15 is 0 Å². The second-order valence-electron chi connectivity index (χ2n) is 8.89. The van der Waals surface area contributed by atoms with Crippen molar-refractivity contribution in [2.45, 2.75) is 19.4 Å². The Hall–Kier alpha value is -4.74. The molecule has 0 spiro atoms. The lowest BCUT2D eigenvalue weighted by atomic mass is 10.0. The Balaban J connectivity index is 0.000000283. The van der Waals surface area contributed by atoms with E-state index in [4.69, 9.17) is 11.0 Å². The van der Waals surface area contributed by atoms with E-state index in [1.54, 1.807) is 21.7 Å². The van der Waals surface area contributed by atoms with Crippen molar-refractivity contribution in [3.05, 3.63) is 113 Å². The van der Waals surface area contributed by atoms with E-state index in [1.807, 2.05) is 43.4 Å². The minimum Gasteiger partial charge on any atom is -0.388 e. The van der Waals surface area contributed by atoms with E-state index in [-0.39, 0.29) is 5.91 Å². The maximum atomic E-state index is 12.8. The van der Waals surface area contributed by atoms with Crippen molar-refractivity contribution < 1.29 is 9.59 Å². The molecule has 0 saturated carbocycles. The fourth-order valence-corrected chi connectivity index (χ4v) is 4.40. The minimum absolute atomic E-state index is 0.187. The molecular formula is C30H30N6O2. The van der Waals surface area contributed by atoms with Crippen molar-refractivity contribution in [3.8, 4) is 6.07 Å². The van der Waals surface area contributed by atoms with Gasteiger partial charge in [0.25, 0.3) is 5.91 Å². The molecule has 1 aliphatic heterocycles. The van der Waals surface area contributed by atoms with Crippen LogP contribution in [0.3, 0.4) is 0 Å². The van der Waals surface area contributed by atoms with Crippen LogP contribution in [0.4, 0.5) is 11.4 Å². The van der Waals surface area contributed by atoms with Crippen LogP contribution in [-0.4, -0.2) is 42.1 Å². The van der Waals surface area contributed by atoms with Gasteiger partial charge in [0, 0.05) is 25.0 Å². The molecule has 1 aliphatic rings. The summed E-state index contributed by atoms with van der Waals surface area (Å²) in [4.78, 5) is 25.7. The number of nitrogens with zero attached hydrogens (tertiary/aromatic N) is 4. The fraction of sp³-hybridized carbons (Fsp3) is 0.200. The predicted molar refractivity (Wildman–Crippen MR) is 148 cm³/mol. The minimum atomic E-state index is -0.187. The molecule has 0 aliphatic carbocycles. The van der Waals surface area contributed by atoms with Gasteiger partial charge in [-0.15, -0.1) is 0 Å². The van der Waals surface area contributed by atoms with E-state index in [1.165, 1.54) is 22.9 Å². The maximum absolute atomic E-state index is 12.8. The van der Waals surface area contributed by atoms with Gasteiger partial charge in [-0.2, -0.15) is 10.4 Å². The molecule has 192 valence electrons. The number of rotatable bonds is 7. The Morgan fingerprint density at radius 1 is 1.03 bits per heavy atom. The molecule has 0 atom stereocenters. The summed E-state index contributed by atoms with van der Waals surface area (Å²) >= 11 is 0. The van der Waals surface area contributed by atoms with Gasteiger partial charge in [0.2, 0.25) is 0 Å². The van der Waals surface area contributed by atoms with Crippen LogP contribution in [0, 0.1) is 11.3 Å². The molecule has 38 heavy (non-hydrogen) atoms. The molecular weight excluding hydrogens is 476 g/mol. The van der Waals surface area contributed by atoms with Gasteiger partial charge in [0.15, 0.2) is 6.29 Å². The number of nitriles is 1. The zero-order valence-corrected chi connectivity index (χ0v) is 21.3. The molecule has 0 bridgehead atoms. The predicted octanol–water partition coefficient (Wildman–Crippen LogP) is 4.05. The average molecular weight is 507 g/mol. The van der Waals surface area contributed by atoms with Crippen molar-refractivity contribution in [3.63, 3.8) is 0 Å². The molecule has 8 heteroatoms. The molecule has 0 unspecified atom stereocenters. The second kappa shape index (κ2) is 12.5. The van der Waals surface area contributed by atoms with Crippen LogP contribution in [0.1, 0.15) is 43.1 Å². The van der Waals surface area contributed by atoms with Gasteiger partial charge in [-0.25, -0.2) is 0 Å². The Morgan fingerprint density at radius 2 is 1.79 bits per heavy atom. The molecule has 8 nitrogen and oxygen atoms in total. The number of benzene rings is 3. The molecule has 1 amide bonds. The fourth-order valence-electron chi connectivity index (χ4n) is 4.40. The number of fused-ring (bicyclic) bond motifs is 1. The molecule has 0 saturated heterocycles. The van der Waals surface area contributed by atoms with Crippen molar-refractivity contribution in [1.82, 2.24) is 9.78 Å². The van der Waals surface area contributed by atoms with Crippen LogP contribution < -0.4 is 16.0 Å². The number of aldehydes is 1. The summed E-state index contributed by atoms with van der Waals surface area (Å²) in [6.45, 7) is 1.75. The van der Waals surface area contributed by atoms with Crippen LogP contribution in [0.2, 0.25) is 0 Å². The van der Waals surface area contributed by atoms with Crippen LogP contribution in [0.15, 0.2) is 79.0 Å². The second-order valence-corrected chi connectivity index (χ2v) is 8.89. The number of amides is 1. The van der Waals surface area contributed by atoms with E-state index < -0.39 is 0 Å². The van der Waals surface area contributed by atoms with Crippen molar-refractivity contribution in [2.24, 2.45) is 5.73 Å². The molecule has 5 rings (SSSR count). The number of aromatic nitrogens is 2. The third-order valence-electron chi connectivity index (χ3n) is 6.34. The zero-order chi connectivity index (χ0) is 26.9. The van der Waals surface area contributed by atoms with Gasteiger partial charge in [-0.05, 0) is 66.4 Å². The number of carbonyl (C=O) groups is 2. The first-order valence-corrected chi connectivity index (χ1v) is 12.4. The van der Waals surface area contributed by atoms with Crippen molar-refractivity contribution >= 4 is 23.6 Å². The van der Waals surface area contributed by atoms with Gasteiger partial charge in [-0.3, -0.25) is 14.3 Å². The molecule has 2 heterocycles. The number of anilines is 2. The maximum Gasteiger partial charge on any atom is 0.277 e. The van der Waals surface area contributed by atoms with Crippen LogP contribution >= 0.6 is 0 Å². The van der Waals surface area contributed by atoms with E-state index in [0.29, 0.717) is 42.7 Å². The summed E-state index contributed by atoms with van der Waals surface area (Å²) < 4.78 is 1.60. The van der Waals surface area contributed by atoms with Gasteiger partial charge in [0.05, 0.1) is 29.9 Å². The van der Waals surface area contributed by atoms with Crippen LogP contribution in [-0.2, 0) is 19.4 Å². The van der Waals surface area contributed by atoms with Crippen LogP contribution in [0.5, 0.6) is 0 Å². The summed E-state index contributed by atoms with van der Waals surface area (Å²) in [6, 6.07) is 25.9. The first-order chi connectivity index (χ1) is 18.6. The molecule has 1 aromatic heterocycles. The highest BCUT2D eigenvalue weighted by Gasteiger charge is 2.29. The van der Waals surface area contributed by atoms with Crippen molar-refractivity contribution in [1.29, 1.82) is 5.26 Å². The lowest BCUT2D eigenvalue weighted by molar-refractivity contribution is 0.0956. The molecule has 0 radical (unpaired) electrons. The van der Waals surface area contributed by atoms with E-state index in [9.17, 15) is 9.59 Å². The SMILES string of the molecule is CNc1cccc(C#N)c1.NCCc1cccc(Cc2ccc(N3CCn4ncc(C=O)c4C3=O)cc2)c1. The monoisotopic (exact) mass is 506 g/mol. The normalized spacial score (nSPS) is 12.1. The zero-order valence-electron chi connectivity index (χ0n) is 21.3. The molecule has 3 aromatic carbocycles. The topological polar surface area (TPSA) is 117 Å². The van der Waals surface area contributed by atoms with Crippen LogP contribution in [0.25, 0.3) is 0 Å². The summed E-state index contributed by atoms with van der Waals surface area (Å²) in [7, 11) is 1.83. The van der Waals surface area contributed by atoms with E-state index in [2.05, 4.69) is 40.8 Å². The quantitative estimate of drug-likeness (QED) is 0.365. The third kappa shape index (κ3) is 6.14. The molecule has 4 aromatic rings. The van der Waals surface area contributed by atoms with E-state index in [0.717, 1.165) is 24.2 Å². The highest BCUT2D eigenvalue weighted by atomic mass is 16.2. The smallest absolute Gasteiger partial charge is 0.277 e. The number of nitrogens with one attached hydrogen (secondary N) is 1. The lowest BCUT2D eigenvalue weighted by Gasteiger charge is -2.28. The molecule has 0 fully saturated rings.